The molecule has 1 aliphatic rings. The van der Waals surface area contributed by atoms with Crippen molar-refractivity contribution in [2.24, 2.45) is 7.05 Å². The number of benzene rings is 2. The van der Waals surface area contributed by atoms with E-state index < -0.39 is 17.7 Å². The molecule has 1 amide bonds. The van der Waals surface area contributed by atoms with Crippen LogP contribution in [0.3, 0.4) is 0 Å². The van der Waals surface area contributed by atoms with Crippen LogP contribution in [0.5, 0.6) is 5.75 Å². The molecule has 9 nitrogen and oxygen atoms in total. The molecular weight excluding hydrogens is 610 g/mol. The molecule has 0 saturated heterocycles. The number of aliphatic hydroxyl groups excluding tert-OH is 1. The number of rotatable bonds is 7. The zero-order chi connectivity index (χ0) is 32.3. The second-order valence-corrected chi connectivity index (χ2v) is 12.3. The number of hydrogen-bond donors (Lipinski definition) is 1. The van der Waals surface area contributed by atoms with Crippen molar-refractivity contribution in [3.8, 4) is 39.5 Å². The maximum Gasteiger partial charge on any atom is 0.246 e. The molecule has 0 aliphatic carbocycles. The molecule has 0 spiro atoms. The van der Waals surface area contributed by atoms with E-state index in [0.29, 0.717) is 40.4 Å². The van der Waals surface area contributed by atoms with Gasteiger partial charge >= 0.3 is 0 Å². The van der Waals surface area contributed by atoms with E-state index >= 15 is 4.39 Å². The SMILES string of the molecule is C=CC(=O)N1CCn2nc(-c3nc(-c4ccc5c(c4)ncn5C)c4ccsc4c3-c3c(F)cc(F)cc3OC[C@@H](C)O)cc2[C@H]1C. The van der Waals surface area contributed by atoms with Crippen molar-refractivity contribution < 1.29 is 23.4 Å². The number of aryl methyl sites for hydroxylation is 1. The smallest absolute Gasteiger partial charge is 0.246 e. The maximum absolute atomic E-state index is 16.0. The molecule has 0 radical (unpaired) electrons. The highest BCUT2D eigenvalue weighted by Gasteiger charge is 2.31. The predicted molar refractivity (Wildman–Crippen MR) is 173 cm³/mol. The number of pyridine rings is 1. The molecule has 2 atom stereocenters. The highest BCUT2D eigenvalue weighted by atomic mass is 32.1. The van der Waals surface area contributed by atoms with Gasteiger partial charge in [0.05, 0.1) is 53.0 Å². The Bertz CT molecular complexity index is 2170. The van der Waals surface area contributed by atoms with E-state index in [4.69, 9.17) is 14.8 Å². The Balaban J connectivity index is 1.51. The van der Waals surface area contributed by atoms with Crippen LogP contribution in [0.4, 0.5) is 8.78 Å². The first-order valence-corrected chi connectivity index (χ1v) is 15.7. The van der Waals surface area contributed by atoms with Crippen molar-refractivity contribution in [1.29, 1.82) is 0 Å². The van der Waals surface area contributed by atoms with Crippen LogP contribution in [0.15, 0.2) is 66.8 Å². The van der Waals surface area contributed by atoms with Gasteiger partial charge in [0.25, 0.3) is 0 Å². The van der Waals surface area contributed by atoms with E-state index in [9.17, 15) is 14.3 Å². The third-order valence-electron chi connectivity index (χ3n) is 8.32. The monoisotopic (exact) mass is 640 g/mol. The van der Waals surface area contributed by atoms with Gasteiger partial charge in [0.15, 0.2) is 0 Å². The zero-order valence-electron chi connectivity index (χ0n) is 25.4. The van der Waals surface area contributed by atoms with Gasteiger partial charge in [-0.2, -0.15) is 5.10 Å². The minimum Gasteiger partial charge on any atom is -0.490 e. The number of imidazole rings is 1. The van der Waals surface area contributed by atoms with Crippen LogP contribution in [0.1, 0.15) is 25.6 Å². The van der Waals surface area contributed by atoms with Gasteiger partial charge < -0.3 is 19.3 Å². The van der Waals surface area contributed by atoms with Gasteiger partial charge in [-0.05, 0) is 49.6 Å². The van der Waals surface area contributed by atoms with Crippen LogP contribution in [0.2, 0.25) is 0 Å². The van der Waals surface area contributed by atoms with E-state index in [1.54, 1.807) is 11.2 Å². The number of nitrogens with zero attached hydrogens (tertiary/aromatic N) is 6. The van der Waals surface area contributed by atoms with Crippen molar-refractivity contribution in [2.75, 3.05) is 13.2 Å². The van der Waals surface area contributed by atoms with E-state index in [1.165, 1.54) is 24.3 Å². The van der Waals surface area contributed by atoms with E-state index in [0.717, 1.165) is 39.8 Å². The normalized spacial score (nSPS) is 15.3. The molecule has 0 bridgehead atoms. The number of aliphatic hydroxyl groups is 1. The number of amides is 1. The van der Waals surface area contributed by atoms with Crippen LogP contribution in [0.25, 0.3) is 54.9 Å². The van der Waals surface area contributed by atoms with Crippen molar-refractivity contribution in [3.05, 3.63) is 84.2 Å². The third kappa shape index (κ3) is 4.94. The van der Waals surface area contributed by atoms with Gasteiger partial charge in [-0.3, -0.25) is 9.48 Å². The fourth-order valence-corrected chi connectivity index (χ4v) is 7.05. The summed E-state index contributed by atoms with van der Waals surface area (Å²) in [5.74, 6) is -1.88. The Labute approximate surface area is 267 Å². The molecule has 234 valence electrons. The zero-order valence-corrected chi connectivity index (χ0v) is 26.2. The lowest BCUT2D eigenvalue weighted by molar-refractivity contribution is -0.129. The van der Waals surface area contributed by atoms with Crippen LogP contribution >= 0.6 is 11.3 Å². The van der Waals surface area contributed by atoms with Gasteiger partial charge in [-0.1, -0.05) is 12.6 Å². The van der Waals surface area contributed by atoms with Crippen LogP contribution < -0.4 is 4.74 Å². The highest BCUT2D eigenvalue weighted by Crippen LogP contribution is 2.47. The van der Waals surface area contributed by atoms with Gasteiger partial charge in [-0.15, -0.1) is 11.3 Å². The molecule has 2 aromatic carbocycles. The molecule has 0 unspecified atom stereocenters. The van der Waals surface area contributed by atoms with E-state index in [-0.39, 0.29) is 29.9 Å². The van der Waals surface area contributed by atoms with Crippen LogP contribution in [-0.2, 0) is 18.4 Å². The number of carbonyl (C=O) groups is 1. The number of ether oxygens (including phenoxy) is 1. The van der Waals surface area contributed by atoms with E-state index in [1.807, 2.05) is 58.9 Å². The fraction of sp³-hybridized carbons (Fsp3) is 0.235. The van der Waals surface area contributed by atoms with Crippen molar-refractivity contribution in [1.82, 2.24) is 29.2 Å². The second-order valence-electron chi connectivity index (χ2n) is 11.4. The number of carbonyl (C=O) groups excluding carboxylic acids is 1. The standard InChI is InChI=1S/C34H30F2N6O3S/c1-5-29(44)41-9-10-42-27(19(41)3)15-25(39-42)33-31(30-23(36)13-21(35)14-28(30)45-16-18(2)43)34-22(8-11-46-34)32(38-33)20-6-7-26-24(12-20)37-17-40(26)4/h5-8,11-15,17-19,43H,1,9-10,16H2,2-4H3/t18-,19-/m1/s1. The lowest BCUT2D eigenvalue weighted by Crippen LogP contribution is -2.40. The molecule has 7 rings (SSSR count). The van der Waals surface area contributed by atoms with Crippen LogP contribution in [0, 0.1) is 11.6 Å². The molecular formula is C34H30F2N6O3S. The average Bonchev–Trinajstić information content (AvgIpc) is 3.78. The van der Waals surface area contributed by atoms with Crippen LogP contribution in [-0.4, -0.2) is 59.5 Å². The molecule has 4 aromatic heterocycles. The summed E-state index contributed by atoms with van der Waals surface area (Å²) in [6, 6.07) is 11.3. The molecule has 1 aliphatic heterocycles. The number of fused-ring (bicyclic) bond motifs is 3. The third-order valence-corrected chi connectivity index (χ3v) is 9.25. The first kappa shape index (κ1) is 29.8. The average molecular weight is 641 g/mol. The molecule has 5 heterocycles. The van der Waals surface area contributed by atoms with Crippen molar-refractivity contribution >= 4 is 38.4 Å². The molecule has 0 fully saturated rings. The largest absolute Gasteiger partial charge is 0.490 e. The first-order valence-electron chi connectivity index (χ1n) is 14.8. The van der Waals surface area contributed by atoms with Crippen molar-refractivity contribution in [3.63, 3.8) is 0 Å². The minimum atomic E-state index is -0.870. The Morgan fingerprint density at radius 2 is 2.00 bits per heavy atom. The second kappa shape index (κ2) is 11.5. The van der Waals surface area contributed by atoms with Gasteiger partial charge in [-0.25, -0.2) is 18.7 Å². The number of hydrogen-bond acceptors (Lipinski definition) is 7. The maximum atomic E-state index is 16.0. The summed E-state index contributed by atoms with van der Waals surface area (Å²) < 4.78 is 40.9. The lowest BCUT2D eigenvalue weighted by atomic mass is 9.96. The molecule has 0 saturated carbocycles. The summed E-state index contributed by atoms with van der Waals surface area (Å²) in [6.45, 7) is 7.82. The lowest BCUT2D eigenvalue weighted by Gasteiger charge is -2.33. The minimum absolute atomic E-state index is 0.0196. The fourth-order valence-electron chi connectivity index (χ4n) is 6.10. The summed E-state index contributed by atoms with van der Waals surface area (Å²) >= 11 is 1.40. The van der Waals surface area contributed by atoms with Gasteiger partial charge in [0.1, 0.15) is 35.4 Å². The summed E-state index contributed by atoms with van der Waals surface area (Å²) in [5, 5.41) is 17.5. The molecule has 12 heteroatoms. The van der Waals surface area contributed by atoms with E-state index in [2.05, 4.69) is 11.6 Å². The van der Waals surface area contributed by atoms with Crippen molar-refractivity contribution in [2.45, 2.75) is 32.5 Å². The summed E-state index contributed by atoms with van der Waals surface area (Å²) in [6.07, 6.45) is 2.18. The first-order chi connectivity index (χ1) is 22.1. The van der Waals surface area contributed by atoms with Gasteiger partial charge in [0.2, 0.25) is 5.91 Å². The van der Waals surface area contributed by atoms with Gasteiger partial charge in [0, 0.05) is 46.9 Å². The quantitative estimate of drug-likeness (QED) is 0.200. The predicted octanol–water partition coefficient (Wildman–Crippen LogP) is 6.51. The summed E-state index contributed by atoms with van der Waals surface area (Å²) in [5.41, 5.74) is 5.26. The molecule has 1 N–H and O–H groups in total. The number of aromatic nitrogens is 5. The summed E-state index contributed by atoms with van der Waals surface area (Å²) in [4.78, 5) is 24.0. The highest BCUT2D eigenvalue weighted by molar-refractivity contribution is 7.18. The molecule has 46 heavy (non-hydrogen) atoms. The Hall–Kier alpha value is -4.94. The number of halogens is 2. The summed E-state index contributed by atoms with van der Waals surface area (Å²) in [7, 11) is 1.93. The Kier molecular flexibility index (Phi) is 7.41. The Morgan fingerprint density at radius 1 is 1.17 bits per heavy atom. The number of thiophene rings is 1. The Morgan fingerprint density at radius 3 is 2.78 bits per heavy atom. The molecule has 6 aromatic rings. The topological polar surface area (TPSA) is 98.3 Å².